The van der Waals surface area contributed by atoms with Crippen molar-refractivity contribution >= 4 is 5.78 Å². The molecule has 1 nitrogen and oxygen atoms in total. The fraction of sp³-hybridized carbons (Fsp3) is 0.938. The summed E-state index contributed by atoms with van der Waals surface area (Å²) in [5.74, 6) is 1.67. The first kappa shape index (κ1) is 12.6. The van der Waals surface area contributed by atoms with Crippen molar-refractivity contribution in [2.45, 2.75) is 71.4 Å². The van der Waals surface area contributed by atoms with Gasteiger partial charge in [0.1, 0.15) is 6.17 Å². The molecular formula is C16H25FO. The molecule has 3 aliphatic rings. The van der Waals surface area contributed by atoms with Crippen LogP contribution in [-0.2, 0) is 4.79 Å². The van der Waals surface area contributed by atoms with Gasteiger partial charge in [0, 0.05) is 0 Å². The Labute approximate surface area is 110 Å². The molecule has 0 saturated heterocycles. The Balaban J connectivity index is 1.77. The fourth-order valence-corrected chi connectivity index (χ4v) is 4.69. The molecule has 0 bridgehead atoms. The van der Waals surface area contributed by atoms with E-state index in [1.165, 1.54) is 0 Å². The van der Waals surface area contributed by atoms with E-state index in [0.29, 0.717) is 17.6 Å². The molecule has 3 saturated carbocycles. The lowest BCUT2D eigenvalue weighted by Gasteiger charge is -2.61. The van der Waals surface area contributed by atoms with Gasteiger partial charge in [-0.3, -0.25) is 4.79 Å². The number of Topliss-reactive ketones (excluding diaryl/α,β-unsaturated/α-hetero) is 1. The molecular weight excluding hydrogens is 227 g/mol. The molecule has 2 heteroatoms. The van der Waals surface area contributed by atoms with E-state index in [1.54, 1.807) is 0 Å². The summed E-state index contributed by atoms with van der Waals surface area (Å²) in [5, 5.41) is 0. The van der Waals surface area contributed by atoms with Crippen molar-refractivity contribution in [3.05, 3.63) is 0 Å². The van der Waals surface area contributed by atoms with E-state index in [1.807, 2.05) is 0 Å². The third kappa shape index (κ3) is 1.47. The van der Waals surface area contributed by atoms with Crippen LogP contribution >= 0.6 is 0 Å². The van der Waals surface area contributed by atoms with Crippen molar-refractivity contribution in [1.29, 1.82) is 0 Å². The number of carbonyl (C=O) groups is 1. The second-order valence-electron chi connectivity index (χ2n) is 7.37. The lowest BCUT2D eigenvalue weighted by atomic mass is 9.42. The molecule has 0 N–H and O–H groups in total. The minimum atomic E-state index is -0.836. The van der Waals surface area contributed by atoms with Crippen LogP contribution in [0, 0.1) is 22.7 Å². The van der Waals surface area contributed by atoms with Crippen LogP contribution in [0.15, 0.2) is 0 Å². The number of rotatable bonds is 0. The van der Waals surface area contributed by atoms with Gasteiger partial charge in [0.05, 0.1) is 10.8 Å². The highest BCUT2D eigenvalue weighted by Gasteiger charge is 2.71. The highest BCUT2D eigenvalue weighted by atomic mass is 19.1. The summed E-state index contributed by atoms with van der Waals surface area (Å²) in [4.78, 5) is 12.7. The van der Waals surface area contributed by atoms with Crippen molar-refractivity contribution in [1.82, 2.24) is 0 Å². The first-order chi connectivity index (χ1) is 8.51. The first-order valence-corrected chi connectivity index (χ1v) is 7.70. The van der Waals surface area contributed by atoms with Gasteiger partial charge in [-0.1, -0.05) is 13.8 Å². The summed E-state index contributed by atoms with van der Waals surface area (Å²) in [5.41, 5.74) is -1.10. The topological polar surface area (TPSA) is 17.1 Å². The molecule has 0 heterocycles. The maximum absolute atomic E-state index is 14.9. The molecule has 3 aliphatic carbocycles. The number of alkyl halides is 1. The third-order valence-corrected chi connectivity index (χ3v) is 6.21. The van der Waals surface area contributed by atoms with Gasteiger partial charge in [0.2, 0.25) is 0 Å². The van der Waals surface area contributed by atoms with E-state index >= 15 is 0 Å². The molecule has 0 atom stereocenters. The Morgan fingerprint density at radius 2 is 1.22 bits per heavy atom. The minimum Gasteiger partial charge on any atom is -0.298 e. The van der Waals surface area contributed by atoms with Crippen LogP contribution in [0.4, 0.5) is 4.39 Å². The van der Waals surface area contributed by atoms with Gasteiger partial charge in [-0.25, -0.2) is 4.39 Å². The number of halogens is 1. The zero-order valence-corrected chi connectivity index (χ0v) is 11.7. The largest absolute Gasteiger partial charge is 0.298 e. The molecule has 3 fully saturated rings. The van der Waals surface area contributed by atoms with E-state index in [2.05, 4.69) is 13.8 Å². The normalized spacial score (nSPS) is 52.6. The SMILES string of the molecule is CC1CC[C@]2(CC1)C(=O)[C@@]1(CCC(C)CC1)C2F. The van der Waals surface area contributed by atoms with E-state index in [-0.39, 0.29) is 0 Å². The lowest BCUT2D eigenvalue weighted by Crippen LogP contribution is -2.69. The molecule has 18 heavy (non-hydrogen) atoms. The van der Waals surface area contributed by atoms with Gasteiger partial charge >= 0.3 is 0 Å². The van der Waals surface area contributed by atoms with Crippen LogP contribution < -0.4 is 0 Å². The van der Waals surface area contributed by atoms with E-state index in [9.17, 15) is 9.18 Å². The predicted octanol–water partition coefficient (Wildman–Crippen LogP) is 4.30. The van der Waals surface area contributed by atoms with Crippen molar-refractivity contribution in [3.8, 4) is 0 Å². The minimum absolute atomic E-state index is 0.307. The Hall–Kier alpha value is -0.400. The maximum Gasteiger partial charge on any atom is 0.151 e. The summed E-state index contributed by atoms with van der Waals surface area (Å²) in [6, 6.07) is 0. The van der Waals surface area contributed by atoms with Gasteiger partial charge in [-0.05, 0) is 63.2 Å². The number of carbonyl (C=O) groups excluding carboxylic acids is 1. The summed E-state index contributed by atoms with van der Waals surface area (Å²) in [7, 11) is 0. The lowest BCUT2D eigenvalue weighted by molar-refractivity contribution is -0.192. The Bertz CT molecular complexity index is 314. The van der Waals surface area contributed by atoms with Gasteiger partial charge in [0.25, 0.3) is 0 Å². The monoisotopic (exact) mass is 252 g/mol. The molecule has 3 rings (SSSR count). The molecule has 0 amide bonds. The zero-order valence-electron chi connectivity index (χ0n) is 11.7. The summed E-state index contributed by atoms with van der Waals surface area (Å²) < 4.78 is 14.9. The Kier molecular flexibility index (Phi) is 2.84. The van der Waals surface area contributed by atoms with Gasteiger partial charge in [0.15, 0.2) is 5.78 Å². The summed E-state index contributed by atoms with van der Waals surface area (Å²) >= 11 is 0. The van der Waals surface area contributed by atoms with E-state index in [4.69, 9.17) is 0 Å². The van der Waals surface area contributed by atoms with Gasteiger partial charge < -0.3 is 0 Å². The van der Waals surface area contributed by atoms with Gasteiger partial charge in [-0.2, -0.15) is 0 Å². The van der Waals surface area contributed by atoms with Crippen LogP contribution in [0.5, 0.6) is 0 Å². The van der Waals surface area contributed by atoms with E-state index < -0.39 is 17.0 Å². The van der Waals surface area contributed by atoms with Crippen LogP contribution in [0.25, 0.3) is 0 Å². The van der Waals surface area contributed by atoms with Crippen LogP contribution in [0.3, 0.4) is 0 Å². The Morgan fingerprint density at radius 1 is 0.889 bits per heavy atom. The third-order valence-electron chi connectivity index (χ3n) is 6.21. The van der Waals surface area contributed by atoms with Crippen molar-refractivity contribution in [3.63, 3.8) is 0 Å². The van der Waals surface area contributed by atoms with Crippen molar-refractivity contribution < 1.29 is 9.18 Å². The first-order valence-electron chi connectivity index (χ1n) is 7.70. The average Bonchev–Trinajstić information content (AvgIpc) is 2.40. The molecule has 0 aromatic heterocycles. The predicted molar refractivity (Wildman–Crippen MR) is 70.0 cm³/mol. The Morgan fingerprint density at radius 3 is 1.50 bits per heavy atom. The number of hydrogen-bond donors (Lipinski definition) is 0. The molecule has 0 unspecified atom stereocenters. The summed E-state index contributed by atoms with van der Waals surface area (Å²) in [6.07, 6.45) is 6.57. The average molecular weight is 252 g/mol. The number of hydrogen-bond acceptors (Lipinski definition) is 1. The molecule has 0 aromatic carbocycles. The number of ketones is 1. The van der Waals surface area contributed by atoms with Crippen molar-refractivity contribution in [2.75, 3.05) is 0 Å². The van der Waals surface area contributed by atoms with E-state index in [0.717, 1.165) is 51.4 Å². The van der Waals surface area contributed by atoms with Crippen LogP contribution in [-0.4, -0.2) is 12.0 Å². The van der Waals surface area contributed by atoms with Crippen molar-refractivity contribution in [2.24, 2.45) is 22.7 Å². The molecule has 2 spiro atoms. The highest BCUT2D eigenvalue weighted by Crippen LogP contribution is 2.65. The smallest absolute Gasteiger partial charge is 0.151 e. The molecule has 0 radical (unpaired) electrons. The van der Waals surface area contributed by atoms with Gasteiger partial charge in [-0.15, -0.1) is 0 Å². The quantitative estimate of drug-likeness (QED) is 0.628. The van der Waals surface area contributed by atoms with Crippen LogP contribution in [0.1, 0.15) is 65.2 Å². The maximum atomic E-state index is 14.9. The highest BCUT2D eigenvalue weighted by molar-refractivity contribution is 5.98. The molecule has 102 valence electrons. The standard InChI is InChI=1S/C16H25FO/c1-11-3-7-15(8-4-11)13(17)16(14(15)18)9-5-12(2)6-10-16/h11-13H,3-10H2,1-2H3/t11?,12?,13?,15-,16-. The second kappa shape index (κ2) is 4.05. The molecule has 0 aliphatic heterocycles. The summed E-state index contributed by atoms with van der Waals surface area (Å²) in [6.45, 7) is 4.45. The van der Waals surface area contributed by atoms with Crippen LogP contribution in [0.2, 0.25) is 0 Å². The fourth-order valence-electron chi connectivity index (χ4n) is 4.69. The second-order valence-corrected chi connectivity index (χ2v) is 7.37. The molecule has 0 aromatic rings. The zero-order chi connectivity index (χ0) is 13.0.